The van der Waals surface area contributed by atoms with E-state index >= 15 is 0 Å². The molecule has 2 rings (SSSR count). The fourth-order valence-electron chi connectivity index (χ4n) is 1.59. The molecule has 0 saturated carbocycles. The van der Waals surface area contributed by atoms with Gasteiger partial charge in [0.05, 0.1) is 17.5 Å². The van der Waals surface area contributed by atoms with E-state index in [-0.39, 0.29) is 0 Å². The number of aromatic amines is 1. The summed E-state index contributed by atoms with van der Waals surface area (Å²) in [6.07, 6.45) is 2.36. The fraction of sp³-hybridized carbons (Fsp3) is 0.231. The zero-order valence-corrected chi connectivity index (χ0v) is 10.6. The highest BCUT2D eigenvalue weighted by atomic mass is 32.2. The first-order chi connectivity index (χ1) is 8.20. The van der Waals surface area contributed by atoms with Crippen LogP contribution >= 0.6 is 11.8 Å². The van der Waals surface area contributed by atoms with Crippen LogP contribution in [-0.2, 0) is 0 Å². The zero-order chi connectivity index (χ0) is 12.3. The summed E-state index contributed by atoms with van der Waals surface area (Å²) >= 11 is 1.82. The molecule has 1 N–H and O–H groups in total. The molecule has 0 amide bonds. The number of rotatable bonds is 4. The number of carbonyl (C=O) groups excluding carboxylic acids is 1. The van der Waals surface area contributed by atoms with E-state index in [4.69, 9.17) is 0 Å². The minimum absolute atomic E-state index is 0.568. The standard InChI is InChI=1S/C13H14N2OS/c1-9(2)17-12-5-3-10(4-6-12)13-11(8-16)7-14-15-13/h3-9H,1-2H3,(H,14,15). The van der Waals surface area contributed by atoms with Gasteiger partial charge in [-0.15, -0.1) is 11.8 Å². The Morgan fingerprint density at radius 1 is 1.29 bits per heavy atom. The van der Waals surface area contributed by atoms with Gasteiger partial charge in [-0.1, -0.05) is 26.0 Å². The average molecular weight is 246 g/mol. The SMILES string of the molecule is CC(C)Sc1ccc(-c2[nH]ncc2C=O)cc1. The third-order valence-electron chi connectivity index (χ3n) is 2.31. The number of nitrogens with zero attached hydrogens (tertiary/aromatic N) is 1. The predicted molar refractivity (Wildman–Crippen MR) is 70.4 cm³/mol. The van der Waals surface area contributed by atoms with E-state index in [2.05, 4.69) is 36.2 Å². The molecule has 17 heavy (non-hydrogen) atoms. The van der Waals surface area contributed by atoms with Gasteiger partial charge in [0.2, 0.25) is 0 Å². The van der Waals surface area contributed by atoms with E-state index in [0.717, 1.165) is 17.5 Å². The van der Waals surface area contributed by atoms with E-state index < -0.39 is 0 Å². The van der Waals surface area contributed by atoms with Crippen molar-refractivity contribution in [2.45, 2.75) is 24.0 Å². The van der Waals surface area contributed by atoms with Crippen molar-refractivity contribution in [1.82, 2.24) is 10.2 Å². The van der Waals surface area contributed by atoms with Crippen LogP contribution in [0.5, 0.6) is 0 Å². The van der Waals surface area contributed by atoms with Crippen molar-refractivity contribution in [3.63, 3.8) is 0 Å². The van der Waals surface area contributed by atoms with Crippen molar-refractivity contribution in [1.29, 1.82) is 0 Å². The highest BCUT2D eigenvalue weighted by Gasteiger charge is 2.06. The lowest BCUT2D eigenvalue weighted by Crippen LogP contribution is -1.87. The van der Waals surface area contributed by atoms with Crippen LogP contribution in [0, 0.1) is 0 Å². The Morgan fingerprint density at radius 2 is 2.00 bits per heavy atom. The Kier molecular flexibility index (Phi) is 3.64. The third kappa shape index (κ3) is 2.77. The lowest BCUT2D eigenvalue weighted by atomic mass is 10.1. The van der Waals surface area contributed by atoms with Crippen LogP contribution in [0.2, 0.25) is 0 Å². The molecule has 0 atom stereocenters. The molecule has 0 unspecified atom stereocenters. The van der Waals surface area contributed by atoms with Crippen LogP contribution < -0.4 is 0 Å². The van der Waals surface area contributed by atoms with Crippen molar-refractivity contribution in [2.24, 2.45) is 0 Å². The Morgan fingerprint density at radius 3 is 2.59 bits per heavy atom. The quantitative estimate of drug-likeness (QED) is 0.664. The largest absolute Gasteiger partial charge is 0.298 e. The maximum atomic E-state index is 10.8. The summed E-state index contributed by atoms with van der Waals surface area (Å²) < 4.78 is 0. The van der Waals surface area contributed by atoms with E-state index in [0.29, 0.717) is 10.8 Å². The summed E-state index contributed by atoms with van der Waals surface area (Å²) in [5.74, 6) is 0. The number of thioether (sulfide) groups is 1. The van der Waals surface area contributed by atoms with E-state index in [1.54, 1.807) is 6.20 Å². The van der Waals surface area contributed by atoms with Gasteiger partial charge in [0.25, 0.3) is 0 Å². The minimum Gasteiger partial charge on any atom is -0.298 e. The van der Waals surface area contributed by atoms with Gasteiger partial charge in [0.1, 0.15) is 0 Å². The number of hydrogen-bond donors (Lipinski definition) is 1. The van der Waals surface area contributed by atoms with Gasteiger partial charge in [-0.05, 0) is 12.1 Å². The lowest BCUT2D eigenvalue weighted by molar-refractivity contribution is 0.112. The second-order valence-electron chi connectivity index (χ2n) is 4.01. The number of aromatic nitrogens is 2. The molecule has 0 spiro atoms. The molecule has 0 aliphatic carbocycles. The van der Waals surface area contributed by atoms with Gasteiger partial charge >= 0.3 is 0 Å². The number of nitrogens with one attached hydrogen (secondary N) is 1. The van der Waals surface area contributed by atoms with Crippen LogP contribution in [-0.4, -0.2) is 21.7 Å². The Bertz CT molecular complexity index is 502. The van der Waals surface area contributed by atoms with Crippen LogP contribution in [0.15, 0.2) is 35.4 Å². The van der Waals surface area contributed by atoms with E-state index in [9.17, 15) is 4.79 Å². The fourth-order valence-corrected chi connectivity index (χ4v) is 2.43. The molecule has 0 saturated heterocycles. The van der Waals surface area contributed by atoms with E-state index in [1.165, 1.54) is 4.90 Å². The summed E-state index contributed by atoms with van der Waals surface area (Å²) in [5.41, 5.74) is 2.35. The normalized spacial score (nSPS) is 10.8. The smallest absolute Gasteiger partial charge is 0.153 e. The van der Waals surface area contributed by atoms with Crippen molar-refractivity contribution < 1.29 is 4.79 Å². The predicted octanol–water partition coefficient (Wildman–Crippen LogP) is 3.39. The molecular formula is C13H14N2OS. The number of benzene rings is 1. The molecular weight excluding hydrogens is 232 g/mol. The molecule has 1 aromatic heterocycles. The summed E-state index contributed by atoms with van der Waals surface area (Å²) in [7, 11) is 0. The monoisotopic (exact) mass is 246 g/mol. The molecule has 2 aromatic rings. The second kappa shape index (κ2) is 5.19. The lowest BCUT2D eigenvalue weighted by Gasteiger charge is -2.05. The van der Waals surface area contributed by atoms with Crippen LogP contribution in [0.1, 0.15) is 24.2 Å². The number of carbonyl (C=O) groups is 1. The molecule has 0 radical (unpaired) electrons. The van der Waals surface area contributed by atoms with Gasteiger partial charge < -0.3 is 0 Å². The van der Waals surface area contributed by atoms with Gasteiger partial charge in [-0.25, -0.2) is 0 Å². The highest BCUT2D eigenvalue weighted by molar-refractivity contribution is 7.99. The van der Waals surface area contributed by atoms with Gasteiger partial charge in [0.15, 0.2) is 6.29 Å². The number of aldehydes is 1. The van der Waals surface area contributed by atoms with Crippen LogP contribution in [0.25, 0.3) is 11.3 Å². The maximum Gasteiger partial charge on any atom is 0.153 e. The Balaban J connectivity index is 2.26. The van der Waals surface area contributed by atoms with Crippen molar-refractivity contribution in [2.75, 3.05) is 0 Å². The zero-order valence-electron chi connectivity index (χ0n) is 9.81. The molecule has 4 heteroatoms. The average Bonchev–Trinajstić information content (AvgIpc) is 2.77. The Hall–Kier alpha value is -1.55. The van der Waals surface area contributed by atoms with Crippen molar-refractivity contribution >= 4 is 18.0 Å². The molecule has 88 valence electrons. The Labute approximate surface area is 105 Å². The topological polar surface area (TPSA) is 45.8 Å². The molecule has 1 heterocycles. The van der Waals surface area contributed by atoms with Gasteiger partial charge in [0, 0.05) is 15.7 Å². The molecule has 0 aliphatic rings. The molecule has 1 aromatic carbocycles. The number of H-pyrrole nitrogens is 1. The minimum atomic E-state index is 0.568. The van der Waals surface area contributed by atoms with Crippen LogP contribution in [0.3, 0.4) is 0 Å². The van der Waals surface area contributed by atoms with Crippen molar-refractivity contribution in [3.05, 3.63) is 36.0 Å². The maximum absolute atomic E-state index is 10.8. The first-order valence-corrected chi connectivity index (χ1v) is 6.34. The van der Waals surface area contributed by atoms with Crippen molar-refractivity contribution in [3.8, 4) is 11.3 Å². The summed E-state index contributed by atoms with van der Waals surface area (Å²) in [4.78, 5) is 12.0. The molecule has 0 aliphatic heterocycles. The summed E-state index contributed by atoms with van der Waals surface area (Å²) in [6, 6.07) is 8.14. The first kappa shape index (κ1) is 11.9. The number of hydrogen-bond acceptors (Lipinski definition) is 3. The third-order valence-corrected chi connectivity index (χ3v) is 3.33. The highest BCUT2D eigenvalue weighted by Crippen LogP contribution is 2.26. The first-order valence-electron chi connectivity index (χ1n) is 5.46. The van der Waals surface area contributed by atoms with Gasteiger partial charge in [-0.2, -0.15) is 5.10 Å². The summed E-state index contributed by atoms with van der Waals surface area (Å²) in [6.45, 7) is 4.33. The van der Waals surface area contributed by atoms with E-state index in [1.807, 2.05) is 23.9 Å². The molecule has 0 bridgehead atoms. The summed E-state index contributed by atoms with van der Waals surface area (Å²) in [5, 5.41) is 7.29. The molecule has 0 fully saturated rings. The van der Waals surface area contributed by atoms with Gasteiger partial charge in [-0.3, -0.25) is 9.89 Å². The van der Waals surface area contributed by atoms with Crippen LogP contribution in [0.4, 0.5) is 0 Å². The second-order valence-corrected chi connectivity index (χ2v) is 5.66. The molecule has 3 nitrogen and oxygen atoms in total.